The van der Waals surface area contributed by atoms with Gasteiger partial charge in [0, 0.05) is 28.4 Å². The number of rotatable bonds is 6. The molecule has 0 aliphatic rings. The fourth-order valence-electron chi connectivity index (χ4n) is 7.92. The largest absolute Gasteiger partial charge is 0.507 e. The Morgan fingerprint density at radius 3 is 1.82 bits per heavy atom. The predicted octanol–water partition coefficient (Wildman–Crippen LogP) is 15.7. The molecule has 0 aliphatic carbocycles. The lowest BCUT2D eigenvalue weighted by Gasteiger charge is -2.28. The summed E-state index contributed by atoms with van der Waals surface area (Å²) in [6.45, 7) is 25.6. The van der Waals surface area contributed by atoms with Crippen LogP contribution in [0.15, 0.2) is 146 Å². The summed E-state index contributed by atoms with van der Waals surface area (Å²) in [7, 11) is 0. The van der Waals surface area contributed by atoms with E-state index in [-0.39, 0.29) is 39.4 Å². The van der Waals surface area contributed by atoms with Gasteiger partial charge in [0.2, 0.25) is 0 Å². The van der Waals surface area contributed by atoms with Gasteiger partial charge in [-0.1, -0.05) is 174 Å². The van der Waals surface area contributed by atoms with Crippen molar-refractivity contribution in [2.24, 2.45) is 0 Å². The molecule has 2 aromatic heterocycles. The number of pyridine rings is 1. The molecule has 314 valence electrons. The highest BCUT2D eigenvalue weighted by Gasteiger charge is 2.30. The van der Waals surface area contributed by atoms with Crippen molar-refractivity contribution in [2.45, 2.75) is 105 Å². The predicted molar refractivity (Wildman–Crippen MR) is 263 cm³/mol. The molecular formula is C58H61N3O. The monoisotopic (exact) mass is 824 g/mol. The average molecular weight is 824 g/mol. The molecule has 0 saturated heterocycles. The van der Waals surface area contributed by atoms with Crippen molar-refractivity contribution in [3.05, 3.63) is 168 Å². The number of fused-ring (bicyclic) bond motifs is 1. The van der Waals surface area contributed by atoms with Crippen molar-refractivity contribution in [1.82, 2.24) is 14.5 Å². The van der Waals surface area contributed by atoms with Crippen LogP contribution < -0.4 is 0 Å². The van der Waals surface area contributed by atoms with Crippen LogP contribution in [0.25, 0.3) is 72.7 Å². The Kier molecular flexibility index (Phi) is 8.39. The second-order valence-electron chi connectivity index (χ2n) is 20.5. The lowest BCUT2D eigenvalue weighted by molar-refractivity contribution is 0.446. The van der Waals surface area contributed by atoms with E-state index < -0.39 is 53.3 Å². The van der Waals surface area contributed by atoms with Crippen molar-refractivity contribution >= 4 is 11.0 Å². The van der Waals surface area contributed by atoms with E-state index in [1.807, 2.05) is 48.5 Å². The molecule has 1 N–H and O–H groups in total. The van der Waals surface area contributed by atoms with E-state index >= 15 is 0 Å². The molecule has 0 saturated carbocycles. The zero-order chi connectivity index (χ0) is 51.3. The Balaban J connectivity index is 1.49. The summed E-state index contributed by atoms with van der Waals surface area (Å²) in [5, 5.41) is 12.6. The Labute approximate surface area is 380 Å². The van der Waals surface area contributed by atoms with Gasteiger partial charge in [0.1, 0.15) is 11.6 Å². The summed E-state index contributed by atoms with van der Waals surface area (Å²) in [6, 6.07) is 29.2. The van der Waals surface area contributed by atoms with Crippen molar-refractivity contribution < 1.29 is 16.1 Å². The van der Waals surface area contributed by atoms with Gasteiger partial charge in [-0.05, 0) is 109 Å². The Hall–Kier alpha value is -6.26. The fourth-order valence-corrected chi connectivity index (χ4v) is 7.92. The molecule has 0 atom stereocenters. The minimum absolute atomic E-state index is 0.0265. The van der Waals surface area contributed by atoms with E-state index in [2.05, 4.69) is 141 Å². The number of para-hydroxylation sites is 1. The van der Waals surface area contributed by atoms with E-state index in [0.29, 0.717) is 22.5 Å². The number of hydrogen-bond acceptors (Lipinski definition) is 3. The minimum Gasteiger partial charge on any atom is -0.507 e. The van der Waals surface area contributed by atoms with E-state index in [9.17, 15) is 6.48 Å². The van der Waals surface area contributed by atoms with E-state index in [0.717, 1.165) is 55.7 Å². The van der Waals surface area contributed by atoms with Gasteiger partial charge in [-0.15, -0.1) is 0 Å². The molecule has 6 aromatic carbocycles. The molecule has 0 amide bonds. The highest BCUT2D eigenvalue weighted by atomic mass is 16.3. The van der Waals surface area contributed by atoms with Gasteiger partial charge < -0.3 is 5.11 Å². The first kappa shape index (κ1) is 33.4. The lowest BCUT2D eigenvalue weighted by Crippen LogP contribution is -2.17. The molecule has 0 fully saturated rings. The summed E-state index contributed by atoms with van der Waals surface area (Å²) < 4.78 is 71.9. The van der Waals surface area contributed by atoms with Crippen molar-refractivity contribution in [3.63, 3.8) is 0 Å². The number of benzene rings is 6. The fraction of sp³-hybridized carbons (Fsp3) is 0.276. The van der Waals surface area contributed by atoms with Crippen LogP contribution in [0.5, 0.6) is 5.75 Å². The Morgan fingerprint density at radius 2 is 1.16 bits per heavy atom. The number of phenolic OH excluding ortho intramolecular Hbond substituents is 1. The standard InChI is InChI=1S/C58H61N3O/c1-55(2,3)42-26-27-50(46(34-42)38-22-17-14-18-23-38)61-51-25-19-24-45(52(51)60-54(61)47-35-44(57(7,8)9)36-48(53(47)62)58(10,11)12)40-30-41(32-43(31-40)56(4,5)6)49-33-39(28-29-59-49)37-20-15-13-16-21-37/h13-36,62H,1-12H3/i13D,15D,16D,20D,21D,28D,29D,33D. The molecular weight excluding hydrogens is 755 g/mol. The third-order valence-corrected chi connectivity index (χ3v) is 11.6. The van der Waals surface area contributed by atoms with Crippen LogP contribution in [-0.2, 0) is 21.7 Å². The summed E-state index contributed by atoms with van der Waals surface area (Å²) in [5.74, 6) is 0.698. The number of phenols is 1. The van der Waals surface area contributed by atoms with Crippen LogP contribution in [0.1, 0.15) is 116 Å². The van der Waals surface area contributed by atoms with E-state index in [1.54, 1.807) is 0 Å². The molecule has 8 rings (SSSR count). The Bertz CT molecular complexity index is 3370. The maximum Gasteiger partial charge on any atom is 0.149 e. The molecule has 0 spiro atoms. The summed E-state index contributed by atoms with van der Waals surface area (Å²) >= 11 is 0. The maximum atomic E-state index is 12.6. The number of nitrogens with zero attached hydrogens (tertiary/aromatic N) is 3. The average Bonchev–Trinajstić information content (AvgIpc) is 3.68. The van der Waals surface area contributed by atoms with Crippen molar-refractivity contribution in [1.29, 1.82) is 0 Å². The molecule has 0 aliphatic heterocycles. The first-order valence-electron chi connectivity index (χ1n) is 25.3. The van der Waals surface area contributed by atoms with Gasteiger partial charge in [-0.25, -0.2) is 4.98 Å². The second kappa shape index (κ2) is 15.6. The van der Waals surface area contributed by atoms with Gasteiger partial charge >= 0.3 is 0 Å². The normalized spacial score (nSPS) is 14.4. The summed E-state index contributed by atoms with van der Waals surface area (Å²) in [6.07, 6.45) is -0.500. The van der Waals surface area contributed by atoms with Crippen LogP contribution in [0, 0.1) is 0 Å². The van der Waals surface area contributed by atoms with Crippen LogP contribution in [0.2, 0.25) is 0 Å². The smallest absolute Gasteiger partial charge is 0.149 e. The van der Waals surface area contributed by atoms with Crippen LogP contribution in [-0.4, -0.2) is 19.6 Å². The third-order valence-electron chi connectivity index (χ3n) is 11.6. The molecule has 0 bridgehead atoms. The maximum absolute atomic E-state index is 12.6. The number of hydrogen-bond donors (Lipinski definition) is 1. The van der Waals surface area contributed by atoms with Gasteiger partial charge in [0.05, 0.1) is 38.9 Å². The lowest BCUT2D eigenvalue weighted by atomic mass is 9.79. The highest BCUT2D eigenvalue weighted by molar-refractivity contribution is 5.98. The number of aromatic hydroxyl groups is 1. The van der Waals surface area contributed by atoms with Crippen molar-refractivity contribution in [2.75, 3.05) is 0 Å². The van der Waals surface area contributed by atoms with Crippen LogP contribution in [0.4, 0.5) is 0 Å². The quantitative estimate of drug-likeness (QED) is 0.182. The zero-order valence-corrected chi connectivity index (χ0v) is 38.0. The van der Waals surface area contributed by atoms with Gasteiger partial charge in [0.15, 0.2) is 0 Å². The molecule has 62 heavy (non-hydrogen) atoms. The van der Waals surface area contributed by atoms with E-state index in [4.69, 9.17) is 14.6 Å². The van der Waals surface area contributed by atoms with Gasteiger partial charge in [-0.3, -0.25) is 9.55 Å². The molecule has 2 heterocycles. The SMILES string of the molecule is [2H]c1nc(-c2cc(-c3cccc4c3nc(-c3cc(C(C)(C)C)cc(C(C)(C)C)c3O)n4-c3ccc(C(C)(C)C)cc3-c3ccccc3)cc(C(C)(C)C)c2)c([2H])c(-c2c([2H])c([2H])c([2H])c([2H])c2[2H])c1[2H]. The van der Waals surface area contributed by atoms with Gasteiger partial charge in [-0.2, -0.15) is 0 Å². The van der Waals surface area contributed by atoms with Gasteiger partial charge in [0.25, 0.3) is 0 Å². The molecule has 8 aromatic rings. The third kappa shape index (κ3) is 8.23. The second-order valence-corrected chi connectivity index (χ2v) is 20.5. The first-order valence-corrected chi connectivity index (χ1v) is 21.3. The first-order chi connectivity index (χ1) is 32.5. The molecule has 0 radical (unpaired) electrons. The Morgan fingerprint density at radius 1 is 0.516 bits per heavy atom. The van der Waals surface area contributed by atoms with Crippen LogP contribution >= 0.6 is 0 Å². The van der Waals surface area contributed by atoms with Crippen molar-refractivity contribution in [3.8, 4) is 67.5 Å². The zero-order valence-electron chi connectivity index (χ0n) is 46.0. The summed E-state index contributed by atoms with van der Waals surface area (Å²) in [4.78, 5) is 10.1. The van der Waals surface area contributed by atoms with Crippen LogP contribution in [0.3, 0.4) is 0 Å². The molecule has 0 unspecified atom stereocenters. The number of imidazole rings is 1. The van der Waals surface area contributed by atoms with E-state index in [1.165, 1.54) is 0 Å². The highest BCUT2D eigenvalue weighted by Crippen LogP contribution is 2.46. The topological polar surface area (TPSA) is 50.9 Å². The number of aromatic nitrogens is 3. The molecule has 4 nitrogen and oxygen atoms in total. The molecule has 4 heteroatoms. The summed E-state index contributed by atoms with van der Waals surface area (Å²) in [5.41, 5.74) is 8.85. The minimum atomic E-state index is -0.599.